The molecule has 0 aromatic heterocycles. The number of nitrogens with zero attached hydrogens (tertiary/aromatic N) is 2. The monoisotopic (exact) mass is 296 g/mol. The number of unbranched alkanes of at least 4 members (excludes halogenated alkanes) is 1. The van der Waals surface area contributed by atoms with E-state index < -0.39 is 5.97 Å². The number of carbonyl (C=O) groups is 2. The van der Waals surface area contributed by atoms with E-state index in [0.717, 1.165) is 58.0 Å². The summed E-state index contributed by atoms with van der Waals surface area (Å²) in [4.78, 5) is 27.6. The van der Waals surface area contributed by atoms with Crippen molar-refractivity contribution in [3.05, 3.63) is 0 Å². The van der Waals surface area contributed by atoms with E-state index in [1.807, 2.05) is 9.80 Å². The summed E-state index contributed by atoms with van der Waals surface area (Å²) in [5.41, 5.74) is 0. The van der Waals surface area contributed by atoms with Crippen molar-refractivity contribution in [2.45, 2.75) is 76.8 Å². The van der Waals surface area contributed by atoms with Gasteiger partial charge in [0.25, 0.3) is 0 Å². The van der Waals surface area contributed by atoms with Crippen molar-refractivity contribution >= 4 is 12.0 Å². The topological polar surface area (TPSA) is 60.9 Å². The second-order valence-corrected chi connectivity index (χ2v) is 6.34. The fourth-order valence-corrected chi connectivity index (χ4v) is 3.16. The molecule has 1 N–H and O–H groups in total. The standard InChI is InChI=1S/C16H28N2O3/c1-2-3-11-17(14-7-8-14)16(21)18-12-5-4-6-13(18)9-10-15(19)20/h13-14H,2-12H2,1H3,(H,19,20). The molecule has 1 aliphatic carbocycles. The van der Waals surface area contributed by atoms with Gasteiger partial charge in [-0.2, -0.15) is 0 Å². The largest absolute Gasteiger partial charge is 0.481 e. The van der Waals surface area contributed by atoms with Crippen LogP contribution in [-0.4, -0.2) is 52.1 Å². The first-order chi connectivity index (χ1) is 10.1. The van der Waals surface area contributed by atoms with Crippen molar-refractivity contribution < 1.29 is 14.7 Å². The highest BCUT2D eigenvalue weighted by molar-refractivity contribution is 5.76. The molecule has 1 saturated heterocycles. The third kappa shape index (κ3) is 4.61. The van der Waals surface area contributed by atoms with Gasteiger partial charge in [-0.05, 0) is 44.9 Å². The van der Waals surface area contributed by atoms with E-state index in [0.29, 0.717) is 12.5 Å². The molecule has 1 unspecified atom stereocenters. The summed E-state index contributed by atoms with van der Waals surface area (Å²) in [5.74, 6) is -0.766. The number of amides is 2. The molecular weight excluding hydrogens is 268 g/mol. The van der Waals surface area contributed by atoms with Crippen LogP contribution in [0.5, 0.6) is 0 Å². The number of hydrogen-bond donors (Lipinski definition) is 1. The zero-order chi connectivity index (χ0) is 15.2. The first kappa shape index (κ1) is 16.1. The van der Waals surface area contributed by atoms with Gasteiger partial charge in [-0.15, -0.1) is 0 Å². The highest BCUT2D eigenvalue weighted by Crippen LogP contribution is 2.30. The molecule has 5 heteroatoms. The lowest BCUT2D eigenvalue weighted by Gasteiger charge is -2.39. The maximum Gasteiger partial charge on any atom is 0.320 e. The zero-order valence-electron chi connectivity index (χ0n) is 13.1. The molecule has 0 bridgehead atoms. The molecule has 0 spiro atoms. The summed E-state index contributed by atoms with van der Waals surface area (Å²) >= 11 is 0. The lowest BCUT2D eigenvalue weighted by Crippen LogP contribution is -2.51. The van der Waals surface area contributed by atoms with Crippen molar-refractivity contribution in [1.29, 1.82) is 0 Å². The molecule has 0 aromatic carbocycles. The molecule has 2 amide bonds. The van der Waals surface area contributed by atoms with Gasteiger partial charge in [0.15, 0.2) is 0 Å². The van der Waals surface area contributed by atoms with Crippen molar-refractivity contribution in [2.75, 3.05) is 13.1 Å². The normalized spacial score (nSPS) is 22.1. The maximum atomic E-state index is 12.8. The van der Waals surface area contributed by atoms with Gasteiger partial charge in [-0.1, -0.05) is 13.3 Å². The van der Waals surface area contributed by atoms with E-state index in [2.05, 4.69) is 6.92 Å². The third-order valence-corrected chi connectivity index (χ3v) is 4.55. The highest BCUT2D eigenvalue weighted by Gasteiger charge is 2.37. The van der Waals surface area contributed by atoms with Crippen LogP contribution >= 0.6 is 0 Å². The fourth-order valence-electron chi connectivity index (χ4n) is 3.16. The number of carboxylic acid groups (broad SMARTS) is 1. The highest BCUT2D eigenvalue weighted by atomic mass is 16.4. The van der Waals surface area contributed by atoms with Crippen molar-refractivity contribution in [2.24, 2.45) is 0 Å². The van der Waals surface area contributed by atoms with Crippen molar-refractivity contribution in [1.82, 2.24) is 9.80 Å². The molecule has 5 nitrogen and oxygen atoms in total. The minimum atomic E-state index is -0.766. The molecule has 1 heterocycles. The van der Waals surface area contributed by atoms with E-state index in [-0.39, 0.29) is 18.5 Å². The molecular formula is C16H28N2O3. The number of aliphatic carboxylic acids is 1. The Kier molecular flexibility index (Phi) is 5.88. The van der Waals surface area contributed by atoms with Crippen LogP contribution in [0.4, 0.5) is 4.79 Å². The molecule has 1 aliphatic heterocycles. The van der Waals surface area contributed by atoms with Crippen LogP contribution in [0.1, 0.15) is 64.7 Å². The van der Waals surface area contributed by atoms with E-state index in [1.165, 1.54) is 0 Å². The van der Waals surface area contributed by atoms with Crippen molar-refractivity contribution in [3.8, 4) is 0 Å². The average molecular weight is 296 g/mol. The molecule has 2 fully saturated rings. The molecule has 0 radical (unpaired) electrons. The Morgan fingerprint density at radius 3 is 2.62 bits per heavy atom. The summed E-state index contributed by atoms with van der Waals surface area (Å²) in [6.07, 6.45) is 8.25. The third-order valence-electron chi connectivity index (χ3n) is 4.55. The number of likely N-dealkylation sites (tertiary alicyclic amines) is 1. The predicted molar refractivity (Wildman–Crippen MR) is 81.2 cm³/mol. The number of piperidine rings is 1. The van der Waals surface area contributed by atoms with Gasteiger partial charge in [-0.25, -0.2) is 4.79 Å². The lowest BCUT2D eigenvalue weighted by atomic mass is 9.98. The van der Waals surface area contributed by atoms with Gasteiger partial charge in [0.2, 0.25) is 0 Å². The first-order valence-corrected chi connectivity index (χ1v) is 8.42. The number of carboxylic acids is 1. The van der Waals surface area contributed by atoms with Gasteiger partial charge in [0.05, 0.1) is 0 Å². The van der Waals surface area contributed by atoms with Gasteiger partial charge in [-0.3, -0.25) is 4.79 Å². The Bertz CT molecular complexity index is 369. The quantitative estimate of drug-likeness (QED) is 0.785. The summed E-state index contributed by atoms with van der Waals surface area (Å²) in [6.45, 7) is 3.78. The Labute approximate surface area is 127 Å². The fraction of sp³-hybridized carbons (Fsp3) is 0.875. The van der Waals surface area contributed by atoms with Gasteiger partial charge in [0, 0.05) is 31.6 Å². The molecule has 120 valence electrons. The van der Waals surface area contributed by atoms with E-state index >= 15 is 0 Å². The minimum absolute atomic E-state index is 0.116. The van der Waals surface area contributed by atoms with Gasteiger partial charge in [0.1, 0.15) is 0 Å². The second kappa shape index (κ2) is 7.66. The Morgan fingerprint density at radius 2 is 2.00 bits per heavy atom. The Morgan fingerprint density at radius 1 is 1.24 bits per heavy atom. The van der Waals surface area contributed by atoms with Gasteiger partial charge >= 0.3 is 12.0 Å². The zero-order valence-corrected chi connectivity index (χ0v) is 13.1. The molecule has 2 aliphatic rings. The van der Waals surface area contributed by atoms with E-state index in [1.54, 1.807) is 0 Å². The van der Waals surface area contributed by atoms with Crippen LogP contribution < -0.4 is 0 Å². The first-order valence-electron chi connectivity index (χ1n) is 8.42. The van der Waals surface area contributed by atoms with Crippen LogP contribution in [0, 0.1) is 0 Å². The number of urea groups is 1. The van der Waals surface area contributed by atoms with Crippen LogP contribution in [-0.2, 0) is 4.79 Å². The van der Waals surface area contributed by atoms with E-state index in [9.17, 15) is 9.59 Å². The second-order valence-electron chi connectivity index (χ2n) is 6.34. The summed E-state index contributed by atoms with van der Waals surface area (Å²) in [5, 5.41) is 8.88. The summed E-state index contributed by atoms with van der Waals surface area (Å²) in [7, 11) is 0. The molecule has 2 rings (SSSR count). The minimum Gasteiger partial charge on any atom is -0.481 e. The molecule has 1 atom stereocenters. The number of rotatable bonds is 7. The van der Waals surface area contributed by atoms with E-state index in [4.69, 9.17) is 5.11 Å². The Hall–Kier alpha value is -1.26. The lowest BCUT2D eigenvalue weighted by molar-refractivity contribution is -0.137. The predicted octanol–water partition coefficient (Wildman–Crippen LogP) is 3.09. The average Bonchev–Trinajstić information content (AvgIpc) is 3.30. The van der Waals surface area contributed by atoms with Gasteiger partial charge < -0.3 is 14.9 Å². The van der Waals surface area contributed by atoms with Crippen LogP contribution in [0.2, 0.25) is 0 Å². The Balaban J connectivity index is 1.96. The molecule has 1 saturated carbocycles. The summed E-state index contributed by atoms with van der Waals surface area (Å²) < 4.78 is 0. The van der Waals surface area contributed by atoms with Crippen LogP contribution in [0.15, 0.2) is 0 Å². The van der Waals surface area contributed by atoms with Crippen LogP contribution in [0.25, 0.3) is 0 Å². The SMILES string of the molecule is CCCCN(C(=O)N1CCCCC1CCC(=O)O)C1CC1. The van der Waals surface area contributed by atoms with Crippen molar-refractivity contribution in [3.63, 3.8) is 0 Å². The van der Waals surface area contributed by atoms with Crippen LogP contribution in [0.3, 0.4) is 0 Å². The summed E-state index contributed by atoms with van der Waals surface area (Å²) in [6, 6.07) is 0.706. The maximum absolute atomic E-state index is 12.8. The molecule has 0 aromatic rings. The number of carbonyl (C=O) groups excluding carboxylic acids is 1. The molecule has 21 heavy (non-hydrogen) atoms. The smallest absolute Gasteiger partial charge is 0.320 e. The number of hydrogen-bond acceptors (Lipinski definition) is 2.